The predicted octanol–water partition coefficient (Wildman–Crippen LogP) is 3.17. The second kappa shape index (κ2) is 6.42. The normalized spacial score (nSPS) is 11.0. The van der Waals surface area contributed by atoms with Crippen molar-refractivity contribution in [2.24, 2.45) is 0 Å². The van der Waals surface area contributed by atoms with E-state index in [4.69, 9.17) is 5.26 Å². The number of nitriles is 1. The maximum atomic E-state index is 9.06. The summed E-state index contributed by atoms with van der Waals surface area (Å²) in [6, 6.07) is 16.5. The maximum absolute atomic E-state index is 9.06. The SMILES string of the molecule is Cc1cccn2cc(CN(CC#N)Cc3ccccc3)nc12. The summed E-state index contributed by atoms with van der Waals surface area (Å²) in [5, 5.41) is 9.06. The number of hydrogen-bond donors (Lipinski definition) is 0. The summed E-state index contributed by atoms with van der Waals surface area (Å²) in [4.78, 5) is 6.79. The highest BCUT2D eigenvalue weighted by molar-refractivity contribution is 5.47. The van der Waals surface area contributed by atoms with E-state index >= 15 is 0 Å². The minimum atomic E-state index is 0.391. The van der Waals surface area contributed by atoms with Crippen LogP contribution in [0.1, 0.15) is 16.8 Å². The zero-order chi connectivity index (χ0) is 15.4. The number of fused-ring (bicyclic) bond motifs is 1. The number of benzene rings is 1. The minimum Gasteiger partial charge on any atom is -0.307 e. The Bertz CT molecular complexity index is 799. The first-order valence-corrected chi connectivity index (χ1v) is 7.32. The lowest BCUT2D eigenvalue weighted by Gasteiger charge is -2.17. The Morgan fingerprint density at radius 2 is 1.95 bits per heavy atom. The average Bonchev–Trinajstić information content (AvgIpc) is 2.92. The molecule has 0 aliphatic heterocycles. The number of pyridine rings is 1. The molecule has 110 valence electrons. The van der Waals surface area contributed by atoms with E-state index in [9.17, 15) is 0 Å². The molecule has 4 heteroatoms. The highest BCUT2D eigenvalue weighted by Crippen LogP contribution is 2.13. The van der Waals surface area contributed by atoms with Crippen molar-refractivity contribution in [1.82, 2.24) is 14.3 Å². The maximum Gasteiger partial charge on any atom is 0.139 e. The van der Waals surface area contributed by atoms with Crippen LogP contribution in [0.2, 0.25) is 0 Å². The Kier molecular flexibility index (Phi) is 4.17. The lowest BCUT2D eigenvalue weighted by Crippen LogP contribution is -2.23. The van der Waals surface area contributed by atoms with Gasteiger partial charge in [0.15, 0.2) is 0 Å². The third kappa shape index (κ3) is 3.16. The van der Waals surface area contributed by atoms with Crippen LogP contribution >= 0.6 is 0 Å². The van der Waals surface area contributed by atoms with Crippen LogP contribution in [0.4, 0.5) is 0 Å². The molecule has 2 aromatic heterocycles. The summed E-state index contributed by atoms with van der Waals surface area (Å²) in [5.74, 6) is 0. The summed E-state index contributed by atoms with van der Waals surface area (Å²) in [5.41, 5.74) is 4.33. The van der Waals surface area contributed by atoms with Crippen molar-refractivity contribution < 1.29 is 0 Å². The first-order valence-electron chi connectivity index (χ1n) is 7.32. The molecule has 4 nitrogen and oxygen atoms in total. The van der Waals surface area contributed by atoms with Crippen LogP contribution in [-0.2, 0) is 13.1 Å². The van der Waals surface area contributed by atoms with Crippen LogP contribution in [0, 0.1) is 18.3 Å². The van der Waals surface area contributed by atoms with Gasteiger partial charge in [-0.05, 0) is 24.1 Å². The van der Waals surface area contributed by atoms with Crippen LogP contribution < -0.4 is 0 Å². The zero-order valence-corrected chi connectivity index (χ0v) is 12.6. The van der Waals surface area contributed by atoms with Gasteiger partial charge >= 0.3 is 0 Å². The highest BCUT2D eigenvalue weighted by Gasteiger charge is 2.10. The van der Waals surface area contributed by atoms with Crippen molar-refractivity contribution >= 4 is 5.65 Å². The molecule has 0 bridgehead atoms. The smallest absolute Gasteiger partial charge is 0.139 e. The van der Waals surface area contributed by atoms with E-state index in [0.29, 0.717) is 13.1 Å². The second-order valence-corrected chi connectivity index (χ2v) is 5.44. The van der Waals surface area contributed by atoms with Crippen molar-refractivity contribution in [2.75, 3.05) is 6.54 Å². The standard InChI is InChI=1S/C18H18N4/c1-15-6-5-10-22-14-17(20-18(15)22)13-21(11-9-19)12-16-7-3-2-4-8-16/h2-8,10,14H,11-13H2,1H3. The Hall–Kier alpha value is -2.64. The number of nitrogens with zero attached hydrogens (tertiary/aromatic N) is 4. The monoisotopic (exact) mass is 290 g/mol. The van der Waals surface area contributed by atoms with Crippen molar-refractivity contribution in [3.63, 3.8) is 0 Å². The van der Waals surface area contributed by atoms with E-state index in [0.717, 1.165) is 23.4 Å². The van der Waals surface area contributed by atoms with E-state index in [1.165, 1.54) is 5.56 Å². The van der Waals surface area contributed by atoms with Crippen LogP contribution in [-0.4, -0.2) is 20.8 Å². The molecule has 3 rings (SSSR count). The van der Waals surface area contributed by atoms with E-state index < -0.39 is 0 Å². The van der Waals surface area contributed by atoms with Gasteiger partial charge in [-0.15, -0.1) is 0 Å². The van der Waals surface area contributed by atoms with Gasteiger partial charge in [0.25, 0.3) is 0 Å². The molecule has 1 aromatic carbocycles. The van der Waals surface area contributed by atoms with Gasteiger partial charge in [0.05, 0.1) is 18.3 Å². The van der Waals surface area contributed by atoms with E-state index in [2.05, 4.69) is 41.1 Å². The van der Waals surface area contributed by atoms with E-state index in [1.807, 2.05) is 41.1 Å². The summed E-state index contributed by atoms with van der Waals surface area (Å²) in [6.07, 6.45) is 4.04. The Morgan fingerprint density at radius 3 is 2.68 bits per heavy atom. The molecule has 3 aromatic rings. The first-order chi connectivity index (χ1) is 10.8. The lowest BCUT2D eigenvalue weighted by molar-refractivity contribution is 0.286. The van der Waals surface area contributed by atoms with Gasteiger partial charge in [-0.2, -0.15) is 5.26 Å². The quantitative estimate of drug-likeness (QED) is 0.678. The average molecular weight is 290 g/mol. The Labute approximate surface area is 130 Å². The van der Waals surface area contributed by atoms with Gasteiger partial charge in [0.1, 0.15) is 5.65 Å². The highest BCUT2D eigenvalue weighted by atomic mass is 15.1. The van der Waals surface area contributed by atoms with Gasteiger partial charge < -0.3 is 4.40 Å². The van der Waals surface area contributed by atoms with Gasteiger partial charge in [-0.25, -0.2) is 4.98 Å². The van der Waals surface area contributed by atoms with Crippen LogP contribution in [0.25, 0.3) is 5.65 Å². The number of imidazole rings is 1. The summed E-state index contributed by atoms with van der Waals surface area (Å²) >= 11 is 0. The fourth-order valence-electron chi connectivity index (χ4n) is 2.62. The van der Waals surface area contributed by atoms with Crippen LogP contribution in [0.5, 0.6) is 0 Å². The number of rotatable bonds is 5. The van der Waals surface area contributed by atoms with Crippen molar-refractivity contribution in [3.8, 4) is 6.07 Å². The third-order valence-corrected chi connectivity index (χ3v) is 3.66. The molecule has 22 heavy (non-hydrogen) atoms. The topological polar surface area (TPSA) is 44.3 Å². The largest absolute Gasteiger partial charge is 0.307 e. The molecular weight excluding hydrogens is 272 g/mol. The first kappa shape index (κ1) is 14.3. The molecule has 0 spiro atoms. The molecule has 2 heterocycles. The number of hydrogen-bond acceptors (Lipinski definition) is 3. The molecule has 0 radical (unpaired) electrons. The van der Waals surface area contributed by atoms with E-state index in [-0.39, 0.29) is 0 Å². The zero-order valence-electron chi connectivity index (χ0n) is 12.6. The van der Waals surface area contributed by atoms with Gasteiger partial charge in [-0.1, -0.05) is 36.4 Å². The predicted molar refractivity (Wildman–Crippen MR) is 86.1 cm³/mol. The Balaban J connectivity index is 1.80. The molecule has 0 fully saturated rings. The molecule has 0 saturated carbocycles. The number of aromatic nitrogens is 2. The van der Waals surface area contributed by atoms with Crippen molar-refractivity contribution in [2.45, 2.75) is 20.0 Å². The van der Waals surface area contributed by atoms with Gasteiger partial charge in [0.2, 0.25) is 0 Å². The summed E-state index contributed by atoms with van der Waals surface area (Å²) < 4.78 is 2.04. The second-order valence-electron chi connectivity index (χ2n) is 5.44. The minimum absolute atomic E-state index is 0.391. The van der Waals surface area contributed by atoms with Crippen molar-refractivity contribution in [1.29, 1.82) is 5.26 Å². The molecule has 0 N–H and O–H groups in total. The van der Waals surface area contributed by atoms with Gasteiger partial charge in [0, 0.05) is 25.5 Å². The molecule has 0 atom stereocenters. The lowest BCUT2D eigenvalue weighted by atomic mass is 10.2. The molecule has 0 aliphatic carbocycles. The Morgan fingerprint density at radius 1 is 1.14 bits per heavy atom. The molecular formula is C18H18N4. The summed E-state index contributed by atoms with van der Waals surface area (Å²) in [6.45, 7) is 3.87. The number of aryl methyl sites for hydroxylation is 1. The molecule has 0 unspecified atom stereocenters. The van der Waals surface area contributed by atoms with Crippen LogP contribution in [0.3, 0.4) is 0 Å². The molecule has 0 aliphatic rings. The molecule has 0 saturated heterocycles. The molecule has 0 amide bonds. The fourth-order valence-corrected chi connectivity index (χ4v) is 2.62. The van der Waals surface area contributed by atoms with E-state index in [1.54, 1.807) is 0 Å². The van der Waals surface area contributed by atoms with Crippen molar-refractivity contribution in [3.05, 3.63) is 71.7 Å². The van der Waals surface area contributed by atoms with Gasteiger partial charge in [-0.3, -0.25) is 4.90 Å². The third-order valence-electron chi connectivity index (χ3n) is 3.66. The fraction of sp³-hybridized carbons (Fsp3) is 0.222. The van der Waals surface area contributed by atoms with Crippen LogP contribution in [0.15, 0.2) is 54.9 Å². The summed E-state index contributed by atoms with van der Waals surface area (Å²) in [7, 11) is 0.